The first-order chi connectivity index (χ1) is 13.2. The molecule has 150 valence electrons. The number of nitrogens with two attached hydrogens (primary N) is 2. The van der Waals surface area contributed by atoms with E-state index in [4.69, 9.17) is 32.5 Å². The SMILES string of the molecule is COC(=O)c1sc(N)c(C(=O)OC)c1COC(=O)c1cc(Cl)c(N)cc1OC. The van der Waals surface area contributed by atoms with Crippen molar-refractivity contribution in [2.75, 3.05) is 32.8 Å². The molecule has 0 unspecified atom stereocenters. The second kappa shape index (κ2) is 8.81. The van der Waals surface area contributed by atoms with Gasteiger partial charge < -0.3 is 30.4 Å². The first kappa shape index (κ1) is 21.3. The van der Waals surface area contributed by atoms with Gasteiger partial charge in [-0.25, -0.2) is 14.4 Å². The Balaban J connectivity index is 2.39. The number of benzene rings is 1. The van der Waals surface area contributed by atoms with Crippen molar-refractivity contribution in [2.24, 2.45) is 0 Å². The molecule has 2 aromatic rings. The molecule has 0 fully saturated rings. The number of esters is 3. The molecule has 0 aliphatic rings. The van der Waals surface area contributed by atoms with Crippen molar-refractivity contribution >= 4 is 51.5 Å². The number of anilines is 2. The fraction of sp³-hybridized carbons (Fsp3) is 0.235. The van der Waals surface area contributed by atoms with E-state index in [2.05, 4.69) is 9.47 Å². The number of rotatable bonds is 6. The zero-order chi connectivity index (χ0) is 21.0. The molecule has 1 heterocycles. The van der Waals surface area contributed by atoms with Gasteiger partial charge in [-0.3, -0.25) is 0 Å². The second-order valence-electron chi connectivity index (χ2n) is 5.28. The minimum Gasteiger partial charge on any atom is -0.496 e. The van der Waals surface area contributed by atoms with E-state index in [-0.39, 0.29) is 43.0 Å². The molecule has 11 heteroatoms. The molecule has 0 radical (unpaired) electrons. The van der Waals surface area contributed by atoms with E-state index in [0.717, 1.165) is 18.4 Å². The van der Waals surface area contributed by atoms with Crippen molar-refractivity contribution in [1.29, 1.82) is 0 Å². The third kappa shape index (κ3) is 4.12. The highest BCUT2D eigenvalue weighted by molar-refractivity contribution is 7.18. The molecular formula is C17H17ClN2O7S. The summed E-state index contributed by atoms with van der Waals surface area (Å²) in [6, 6.07) is 2.67. The summed E-state index contributed by atoms with van der Waals surface area (Å²) in [5, 5.41) is 0.171. The Labute approximate surface area is 169 Å². The molecule has 0 atom stereocenters. The summed E-state index contributed by atoms with van der Waals surface area (Å²) in [5.41, 5.74) is 11.8. The third-order valence-electron chi connectivity index (χ3n) is 3.68. The zero-order valence-electron chi connectivity index (χ0n) is 15.2. The minimum absolute atomic E-state index is 0.0177. The molecule has 2 rings (SSSR count). The van der Waals surface area contributed by atoms with Crippen LogP contribution in [0.2, 0.25) is 5.02 Å². The number of carbonyl (C=O) groups is 3. The van der Waals surface area contributed by atoms with Gasteiger partial charge in [0.05, 0.1) is 32.0 Å². The van der Waals surface area contributed by atoms with Crippen molar-refractivity contribution < 1.29 is 33.3 Å². The average molecular weight is 429 g/mol. The summed E-state index contributed by atoms with van der Waals surface area (Å²) in [6.45, 7) is -0.438. The predicted molar refractivity (Wildman–Crippen MR) is 103 cm³/mol. The lowest BCUT2D eigenvalue weighted by Gasteiger charge is -2.11. The molecule has 0 saturated heterocycles. The molecule has 0 amide bonds. The van der Waals surface area contributed by atoms with E-state index in [9.17, 15) is 14.4 Å². The van der Waals surface area contributed by atoms with Crippen LogP contribution in [0, 0.1) is 0 Å². The molecule has 0 spiro atoms. The first-order valence-electron chi connectivity index (χ1n) is 7.63. The van der Waals surface area contributed by atoms with Crippen molar-refractivity contribution in [3.8, 4) is 5.75 Å². The zero-order valence-corrected chi connectivity index (χ0v) is 16.7. The largest absolute Gasteiger partial charge is 0.496 e. The summed E-state index contributed by atoms with van der Waals surface area (Å²) in [5.74, 6) is -2.16. The van der Waals surface area contributed by atoms with Gasteiger partial charge in [0.15, 0.2) is 0 Å². The van der Waals surface area contributed by atoms with Gasteiger partial charge >= 0.3 is 17.9 Å². The van der Waals surface area contributed by atoms with Crippen LogP contribution in [-0.2, 0) is 20.8 Å². The lowest BCUT2D eigenvalue weighted by molar-refractivity contribution is 0.0449. The normalized spacial score (nSPS) is 10.3. The number of ether oxygens (including phenoxy) is 4. The monoisotopic (exact) mass is 428 g/mol. The maximum atomic E-state index is 12.5. The predicted octanol–water partition coefficient (Wildman–Crippen LogP) is 2.50. The van der Waals surface area contributed by atoms with Crippen LogP contribution in [0.3, 0.4) is 0 Å². The van der Waals surface area contributed by atoms with Gasteiger partial charge in [-0.1, -0.05) is 11.6 Å². The maximum absolute atomic E-state index is 12.5. The second-order valence-corrected chi connectivity index (χ2v) is 6.74. The average Bonchev–Trinajstić information content (AvgIpc) is 3.02. The lowest BCUT2D eigenvalue weighted by Crippen LogP contribution is -2.13. The topological polar surface area (TPSA) is 140 Å². The van der Waals surface area contributed by atoms with Crippen molar-refractivity contribution in [1.82, 2.24) is 0 Å². The van der Waals surface area contributed by atoms with E-state index in [1.54, 1.807) is 0 Å². The highest BCUT2D eigenvalue weighted by Crippen LogP contribution is 2.34. The Morgan fingerprint density at radius 1 is 1.04 bits per heavy atom. The number of hydrogen-bond acceptors (Lipinski definition) is 10. The Morgan fingerprint density at radius 3 is 2.25 bits per heavy atom. The van der Waals surface area contributed by atoms with Gasteiger partial charge in [0.1, 0.15) is 33.4 Å². The van der Waals surface area contributed by atoms with E-state index >= 15 is 0 Å². The number of halogens is 1. The lowest BCUT2D eigenvalue weighted by atomic mass is 10.1. The van der Waals surface area contributed by atoms with Gasteiger partial charge in [0.25, 0.3) is 0 Å². The van der Waals surface area contributed by atoms with Crippen LogP contribution in [0.1, 0.15) is 36.0 Å². The van der Waals surface area contributed by atoms with E-state index in [1.165, 1.54) is 26.4 Å². The Kier molecular flexibility index (Phi) is 6.71. The Bertz CT molecular complexity index is 942. The highest BCUT2D eigenvalue weighted by Gasteiger charge is 2.28. The molecule has 28 heavy (non-hydrogen) atoms. The standard InChI is InChI=1S/C17H17ClN2O7S/c1-24-11-5-10(19)9(18)4-7(11)15(21)27-6-8-12(16(22)25-2)14(20)28-13(8)17(23)26-3/h4-5H,6,19-20H2,1-3H3. The van der Waals surface area contributed by atoms with Gasteiger partial charge in [-0.2, -0.15) is 0 Å². The van der Waals surface area contributed by atoms with E-state index in [0.29, 0.717) is 0 Å². The summed E-state index contributed by atoms with van der Waals surface area (Å²) in [4.78, 5) is 36.6. The third-order valence-corrected chi connectivity index (χ3v) is 5.05. The molecule has 0 aliphatic carbocycles. The van der Waals surface area contributed by atoms with Gasteiger partial charge in [-0.15, -0.1) is 11.3 Å². The van der Waals surface area contributed by atoms with Gasteiger partial charge in [-0.05, 0) is 6.07 Å². The van der Waals surface area contributed by atoms with Crippen LogP contribution >= 0.6 is 22.9 Å². The van der Waals surface area contributed by atoms with Crippen molar-refractivity contribution in [3.05, 3.63) is 38.7 Å². The summed E-state index contributed by atoms with van der Waals surface area (Å²) < 4.78 is 19.7. The van der Waals surface area contributed by atoms with Crippen LogP contribution in [0.25, 0.3) is 0 Å². The fourth-order valence-corrected chi connectivity index (χ4v) is 3.46. The van der Waals surface area contributed by atoms with Crippen molar-refractivity contribution in [3.63, 3.8) is 0 Å². The molecule has 0 bridgehead atoms. The summed E-state index contributed by atoms with van der Waals surface area (Å²) in [6.07, 6.45) is 0. The summed E-state index contributed by atoms with van der Waals surface area (Å²) >= 11 is 6.78. The molecule has 4 N–H and O–H groups in total. The quantitative estimate of drug-likeness (QED) is 0.403. The maximum Gasteiger partial charge on any atom is 0.348 e. The Hall–Kier alpha value is -2.98. The van der Waals surface area contributed by atoms with Crippen LogP contribution in [-0.4, -0.2) is 39.2 Å². The van der Waals surface area contributed by atoms with Crippen LogP contribution in [0.4, 0.5) is 10.7 Å². The van der Waals surface area contributed by atoms with Crippen molar-refractivity contribution in [2.45, 2.75) is 6.61 Å². The molecule has 1 aromatic carbocycles. The smallest absolute Gasteiger partial charge is 0.348 e. The van der Waals surface area contributed by atoms with Crippen LogP contribution in [0.5, 0.6) is 5.75 Å². The number of carbonyl (C=O) groups excluding carboxylic acids is 3. The summed E-state index contributed by atoms with van der Waals surface area (Å²) in [7, 11) is 3.69. The van der Waals surface area contributed by atoms with Gasteiger partial charge in [0.2, 0.25) is 0 Å². The molecule has 1 aromatic heterocycles. The molecular weight excluding hydrogens is 412 g/mol. The van der Waals surface area contributed by atoms with Crippen LogP contribution in [0.15, 0.2) is 12.1 Å². The number of nitrogen functional groups attached to an aromatic ring is 2. The number of thiophene rings is 1. The molecule has 0 aliphatic heterocycles. The molecule has 9 nitrogen and oxygen atoms in total. The molecule has 0 saturated carbocycles. The number of hydrogen-bond donors (Lipinski definition) is 2. The van der Waals surface area contributed by atoms with Gasteiger partial charge in [0, 0.05) is 11.6 Å². The fourth-order valence-electron chi connectivity index (χ4n) is 2.32. The Morgan fingerprint density at radius 2 is 1.68 bits per heavy atom. The number of methoxy groups -OCH3 is 3. The van der Waals surface area contributed by atoms with E-state index in [1.807, 2.05) is 0 Å². The minimum atomic E-state index is -0.810. The van der Waals surface area contributed by atoms with E-state index < -0.39 is 24.5 Å². The first-order valence-corrected chi connectivity index (χ1v) is 8.82. The van der Waals surface area contributed by atoms with Crippen LogP contribution < -0.4 is 16.2 Å². The highest BCUT2D eigenvalue weighted by atomic mass is 35.5.